The van der Waals surface area contributed by atoms with Gasteiger partial charge in [-0.25, -0.2) is 0 Å². The summed E-state index contributed by atoms with van der Waals surface area (Å²) in [6.07, 6.45) is 0. The van der Waals surface area contributed by atoms with Crippen LogP contribution in [0.1, 0.15) is 20.7 Å². The number of amides is 3. The largest absolute Gasteiger partial charge is 0.378 e. The summed E-state index contributed by atoms with van der Waals surface area (Å²) in [4.78, 5) is 34.5. The fourth-order valence-electron chi connectivity index (χ4n) is 1.95. The Morgan fingerprint density at radius 1 is 1.14 bits per heavy atom. The molecule has 112 valence electrons. The summed E-state index contributed by atoms with van der Waals surface area (Å²) >= 11 is 0. The Morgan fingerprint density at radius 2 is 1.76 bits per heavy atom. The predicted octanol–water partition coefficient (Wildman–Crippen LogP) is -1.19. The summed E-state index contributed by atoms with van der Waals surface area (Å²) in [5.41, 5.74) is 10.8. The van der Waals surface area contributed by atoms with E-state index in [1.807, 2.05) is 0 Å². The van der Waals surface area contributed by atoms with E-state index in [-0.39, 0.29) is 29.3 Å². The lowest BCUT2D eigenvalue weighted by Gasteiger charge is -2.23. The minimum atomic E-state index is -0.715. The fraction of sp³-hybridized carbons (Fsp3) is 0.308. The molecule has 0 bridgehead atoms. The maximum Gasteiger partial charge on any atom is 0.248 e. The lowest BCUT2D eigenvalue weighted by atomic mass is 10.1. The number of benzene rings is 1. The third-order valence-electron chi connectivity index (χ3n) is 3.01. The van der Waals surface area contributed by atoms with E-state index in [0.717, 1.165) is 0 Å². The zero-order chi connectivity index (χ0) is 15.4. The van der Waals surface area contributed by atoms with Crippen molar-refractivity contribution in [2.75, 3.05) is 25.1 Å². The van der Waals surface area contributed by atoms with Gasteiger partial charge < -0.3 is 26.8 Å². The second-order valence-electron chi connectivity index (χ2n) is 4.60. The molecule has 1 aromatic rings. The van der Waals surface area contributed by atoms with Gasteiger partial charge in [-0.05, 0) is 18.2 Å². The first-order valence-corrected chi connectivity index (χ1v) is 6.34. The summed E-state index contributed by atoms with van der Waals surface area (Å²) in [6.45, 7) is 1.38. The first-order valence-electron chi connectivity index (χ1n) is 6.34. The van der Waals surface area contributed by atoms with E-state index in [9.17, 15) is 14.4 Å². The van der Waals surface area contributed by atoms with Gasteiger partial charge in [0.2, 0.25) is 17.7 Å². The van der Waals surface area contributed by atoms with Crippen LogP contribution in [0.25, 0.3) is 0 Å². The van der Waals surface area contributed by atoms with Crippen LogP contribution in [0.15, 0.2) is 18.2 Å². The highest BCUT2D eigenvalue weighted by Crippen LogP contribution is 2.15. The Balaban J connectivity index is 2.20. The van der Waals surface area contributed by atoms with Crippen LogP contribution in [0.3, 0.4) is 0 Å². The molecule has 3 amide bonds. The molecule has 0 saturated carbocycles. The second-order valence-corrected chi connectivity index (χ2v) is 4.60. The van der Waals surface area contributed by atoms with E-state index >= 15 is 0 Å². The Bertz CT molecular complexity index is 549. The van der Waals surface area contributed by atoms with Crippen molar-refractivity contribution in [3.63, 3.8) is 0 Å². The molecule has 1 saturated heterocycles. The molecule has 2 rings (SSSR count). The monoisotopic (exact) mass is 292 g/mol. The van der Waals surface area contributed by atoms with Crippen LogP contribution in [0.4, 0.5) is 5.69 Å². The number of nitrogens with one attached hydrogen (secondary N) is 2. The molecule has 6 N–H and O–H groups in total. The van der Waals surface area contributed by atoms with E-state index in [0.29, 0.717) is 13.2 Å². The van der Waals surface area contributed by atoms with E-state index < -0.39 is 17.9 Å². The van der Waals surface area contributed by atoms with Crippen molar-refractivity contribution in [2.45, 2.75) is 6.04 Å². The van der Waals surface area contributed by atoms with E-state index in [1.165, 1.54) is 18.2 Å². The maximum atomic E-state index is 12.0. The van der Waals surface area contributed by atoms with Gasteiger partial charge in [-0.3, -0.25) is 14.4 Å². The van der Waals surface area contributed by atoms with Crippen molar-refractivity contribution in [2.24, 2.45) is 11.5 Å². The summed E-state index contributed by atoms with van der Waals surface area (Å²) in [5.74, 6) is -1.76. The molecule has 1 unspecified atom stereocenters. The topological polar surface area (TPSA) is 137 Å². The molecule has 8 nitrogen and oxygen atoms in total. The summed E-state index contributed by atoms with van der Waals surface area (Å²) in [6, 6.07) is 3.56. The summed E-state index contributed by atoms with van der Waals surface area (Å²) in [5, 5.41) is 5.60. The molecule has 1 atom stereocenters. The molecule has 1 aliphatic heterocycles. The lowest BCUT2D eigenvalue weighted by Crippen LogP contribution is -2.48. The minimum Gasteiger partial charge on any atom is -0.378 e. The average Bonchev–Trinajstić information content (AvgIpc) is 2.47. The zero-order valence-corrected chi connectivity index (χ0v) is 11.2. The highest BCUT2D eigenvalue weighted by molar-refractivity contribution is 6.02. The van der Waals surface area contributed by atoms with Crippen molar-refractivity contribution in [3.05, 3.63) is 29.3 Å². The number of hydrogen-bond acceptors (Lipinski definition) is 5. The van der Waals surface area contributed by atoms with E-state index in [2.05, 4.69) is 10.6 Å². The number of morpholine rings is 1. The van der Waals surface area contributed by atoms with Gasteiger partial charge >= 0.3 is 0 Å². The summed E-state index contributed by atoms with van der Waals surface area (Å²) < 4.78 is 5.19. The molecule has 21 heavy (non-hydrogen) atoms. The van der Waals surface area contributed by atoms with Gasteiger partial charge in [0.15, 0.2) is 0 Å². The van der Waals surface area contributed by atoms with Gasteiger partial charge in [0.1, 0.15) is 6.04 Å². The molecular formula is C13H16N4O4. The van der Waals surface area contributed by atoms with Gasteiger partial charge in [-0.15, -0.1) is 0 Å². The zero-order valence-electron chi connectivity index (χ0n) is 11.2. The summed E-state index contributed by atoms with van der Waals surface area (Å²) in [7, 11) is 0. The van der Waals surface area contributed by atoms with Crippen LogP contribution < -0.4 is 22.1 Å². The van der Waals surface area contributed by atoms with Crippen LogP contribution in [-0.4, -0.2) is 43.5 Å². The van der Waals surface area contributed by atoms with Gasteiger partial charge in [0, 0.05) is 23.4 Å². The van der Waals surface area contributed by atoms with Crippen LogP contribution in [0.5, 0.6) is 0 Å². The van der Waals surface area contributed by atoms with Crippen LogP contribution >= 0.6 is 0 Å². The van der Waals surface area contributed by atoms with Crippen molar-refractivity contribution < 1.29 is 19.1 Å². The lowest BCUT2D eigenvalue weighted by molar-refractivity contribution is -0.120. The molecule has 0 aromatic heterocycles. The second kappa shape index (κ2) is 6.33. The first-order chi connectivity index (χ1) is 9.97. The molecule has 0 spiro atoms. The van der Waals surface area contributed by atoms with E-state index in [4.69, 9.17) is 16.2 Å². The van der Waals surface area contributed by atoms with Gasteiger partial charge in [-0.1, -0.05) is 0 Å². The number of primary amides is 2. The Hall–Kier alpha value is -2.45. The molecule has 0 radical (unpaired) electrons. The maximum absolute atomic E-state index is 12.0. The average molecular weight is 292 g/mol. The fourth-order valence-corrected chi connectivity index (χ4v) is 1.95. The number of carbonyl (C=O) groups excluding carboxylic acids is 3. The predicted molar refractivity (Wildman–Crippen MR) is 74.7 cm³/mol. The number of anilines is 1. The number of carbonyl (C=O) groups is 3. The van der Waals surface area contributed by atoms with Crippen LogP contribution in [0.2, 0.25) is 0 Å². The van der Waals surface area contributed by atoms with Gasteiger partial charge in [0.25, 0.3) is 0 Å². The van der Waals surface area contributed by atoms with Crippen molar-refractivity contribution >= 4 is 23.4 Å². The Labute approximate surface area is 120 Å². The highest BCUT2D eigenvalue weighted by Gasteiger charge is 2.21. The highest BCUT2D eigenvalue weighted by atomic mass is 16.5. The molecular weight excluding hydrogens is 276 g/mol. The number of nitrogens with two attached hydrogens (primary N) is 2. The molecule has 0 aliphatic carbocycles. The van der Waals surface area contributed by atoms with Gasteiger partial charge in [-0.2, -0.15) is 0 Å². The Morgan fingerprint density at radius 3 is 2.24 bits per heavy atom. The van der Waals surface area contributed by atoms with Crippen molar-refractivity contribution in [1.29, 1.82) is 0 Å². The number of ether oxygens (including phenoxy) is 1. The number of rotatable bonds is 4. The van der Waals surface area contributed by atoms with Crippen molar-refractivity contribution in [1.82, 2.24) is 5.32 Å². The molecule has 1 aliphatic rings. The third kappa shape index (κ3) is 3.77. The number of hydrogen-bond donors (Lipinski definition) is 4. The van der Waals surface area contributed by atoms with Crippen LogP contribution in [-0.2, 0) is 9.53 Å². The molecule has 8 heteroatoms. The molecule has 1 fully saturated rings. The third-order valence-corrected chi connectivity index (χ3v) is 3.01. The smallest absolute Gasteiger partial charge is 0.248 e. The first kappa shape index (κ1) is 14.9. The normalized spacial score (nSPS) is 18.0. The van der Waals surface area contributed by atoms with Gasteiger partial charge in [0.05, 0.1) is 13.2 Å². The minimum absolute atomic E-state index is 0.0921. The van der Waals surface area contributed by atoms with Crippen molar-refractivity contribution in [3.8, 4) is 0 Å². The Kier molecular flexibility index (Phi) is 4.51. The van der Waals surface area contributed by atoms with E-state index in [1.54, 1.807) is 0 Å². The quantitative estimate of drug-likeness (QED) is 0.553. The molecule has 1 aromatic carbocycles. The molecule has 1 heterocycles. The van der Waals surface area contributed by atoms with Crippen LogP contribution in [0, 0.1) is 0 Å². The standard InChI is InChI=1S/C13H16N4O4/c14-11(18)7-3-8(12(15)19)5-9(4-7)17-13(20)10-6-21-2-1-16-10/h3-5,10,16H,1-2,6H2,(H2,14,18)(H2,15,19)(H,17,20). The SMILES string of the molecule is NC(=O)c1cc(NC(=O)C2COCCN2)cc(C(N)=O)c1.